The zero-order valence-electron chi connectivity index (χ0n) is 10.8. The van der Waals surface area contributed by atoms with Gasteiger partial charge in [0.05, 0.1) is 6.10 Å². The third kappa shape index (κ3) is 4.30. The number of aryl methyl sites for hydroxylation is 1. The number of hydrogen-bond donors (Lipinski definition) is 2. The Bertz CT molecular complexity index is 412. The monoisotopic (exact) mass is 249 g/mol. The molecule has 1 amide bonds. The number of carbonyl (C=O) groups excluding carboxylic acids is 2. The van der Waals surface area contributed by atoms with E-state index in [9.17, 15) is 14.7 Å². The van der Waals surface area contributed by atoms with E-state index in [1.54, 1.807) is 24.3 Å². The molecule has 0 spiro atoms. The third-order valence-electron chi connectivity index (χ3n) is 2.75. The van der Waals surface area contributed by atoms with Gasteiger partial charge in [-0.05, 0) is 19.8 Å². The molecule has 0 aliphatic heterocycles. The summed E-state index contributed by atoms with van der Waals surface area (Å²) in [5.74, 6) is -1.16. The van der Waals surface area contributed by atoms with Crippen LogP contribution in [0.5, 0.6) is 0 Å². The van der Waals surface area contributed by atoms with Crippen LogP contribution in [0.2, 0.25) is 0 Å². The first-order valence-corrected chi connectivity index (χ1v) is 6.11. The fourth-order valence-electron chi connectivity index (χ4n) is 1.47. The smallest absolute Gasteiger partial charge is 0.292 e. The molecule has 0 aliphatic rings. The van der Waals surface area contributed by atoms with Crippen molar-refractivity contribution in [1.82, 2.24) is 5.32 Å². The molecular formula is C14H19NO3. The van der Waals surface area contributed by atoms with Gasteiger partial charge in [0.2, 0.25) is 5.78 Å². The van der Waals surface area contributed by atoms with E-state index in [-0.39, 0.29) is 0 Å². The van der Waals surface area contributed by atoms with Crippen LogP contribution < -0.4 is 5.32 Å². The molecule has 0 aromatic heterocycles. The molecule has 18 heavy (non-hydrogen) atoms. The third-order valence-corrected chi connectivity index (χ3v) is 2.75. The summed E-state index contributed by atoms with van der Waals surface area (Å²) in [4.78, 5) is 23.3. The van der Waals surface area contributed by atoms with E-state index in [1.165, 1.54) is 0 Å². The molecule has 0 radical (unpaired) electrons. The van der Waals surface area contributed by atoms with Crippen LogP contribution in [-0.2, 0) is 4.79 Å². The Morgan fingerprint density at radius 2 is 1.89 bits per heavy atom. The molecule has 4 heteroatoms. The van der Waals surface area contributed by atoms with Gasteiger partial charge in [0.15, 0.2) is 0 Å². The highest BCUT2D eigenvalue weighted by molar-refractivity contribution is 6.42. The highest BCUT2D eigenvalue weighted by Crippen LogP contribution is 2.04. The molecule has 0 aliphatic carbocycles. The fraction of sp³-hybridized carbons (Fsp3) is 0.429. The predicted octanol–water partition coefficient (Wildman–Crippen LogP) is 1.45. The SMILES string of the molecule is CCC(O)CCNC(=O)C(=O)c1ccc(C)cc1. The summed E-state index contributed by atoms with van der Waals surface area (Å²) >= 11 is 0. The molecule has 1 aromatic rings. The number of hydrogen-bond acceptors (Lipinski definition) is 3. The molecule has 98 valence electrons. The van der Waals surface area contributed by atoms with Crippen LogP contribution in [0, 0.1) is 6.92 Å². The van der Waals surface area contributed by atoms with Crippen LogP contribution in [0.15, 0.2) is 24.3 Å². The summed E-state index contributed by atoms with van der Waals surface area (Å²) < 4.78 is 0. The van der Waals surface area contributed by atoms with Crippen LogP contribution in [0.4, 0.5) is 0 Å². The second-order valence-electron chi connectivity index (χ2n) is 4.30. The molecule has 0 bridgehead atoms. The van der Waals surface area contributed by atoms with Crippen LogP contribution in [-0.4, -0.2) is 29.4 Å². The Hall–Kier alpha value is -1.68. The molecule has 0 saturated carbocycles. The summed E-state index contributed by atoms with van der Waals surface area (Å²) in [5.41, 5.74) is 1.42. The fourth-order valence-corrected chi connectivity index (χ4v) is 1.47. The molecule has 0 saturated heterocycles. The van der Waals surface area contributed by atoms with Gasteiger partial charge in [-0.3, -0.25) is 9.59 Å². The van der Waals surface area contributed by atoms with E-state index < -0.39 is 17.8 Å². The van der Waals surface area contributed by atoms with Gasteiger partial charge in [0.25, 0.3) is 5.91 Å². The first-order chi connectivity index (χ1) is 8.54. The standard InChI is InChI=1S/C14H19NO3/c1-3-12(16)8-9-15-14(18)13(17)11-6-4-10(2)5-7-11/h4-7,12,16H,3,8-9H2,1-2H3,(H,15,18). The zero-order chi connectivity index (χ0) is 13.5. The lowest BCUT2D eigenvalue weighted by atomic mass is 10.1. The molecule has 4 nitrogen and oxygen atoms in total. The molecule has 1 atom stereocenters. The number of benzene rings is 1. The van der Waals surface area contributed by atoms with Gasteiger partial charge >= 0.3 is 0 Å². The lowest BCUT2D eigenvalue weighted by Crippen LogP contribution is -2.33. The van der Waals surface area contributed by atoms with E-state index in [0.717, 1.165) is 5.56 Å². The minimum absolute atomic E-state index is 0.311. The molecule has 0 fully saturated rings. The Balaban J connectivity index is 2.47. The van der Waals surface area contributed by atoms with Gasteiger partial charge in [-0.1, -0.05) is 36.8 Å². The van der Waals surface area contributed by atoms with E-state index >= 15 is 0 Å². The number of carbonyl (C=O) groups is 2. The summed E-state index contributed by atoms with van der Waals surface area (Å²) in [5, 5.41) is 11.8. The van der Waals surface area contributed by atoms with Gasteiger partial charge in [-0.25, -0.2) is 0 Å². The van der Waals surface area contributed by atoms with Gasteiger partial charge < -0.3 is 10.4 Å². The number of rotatable bonds is 6. The summed E-state index contributed by atoms with van der Waals surface area (Å²) in [7, 11) is 0. The van der Waals surface area contributed by atoms with Crippen LogP contribution >= 0.6 is 0 Å². The van der Waals surface area contributed by atoms with Crippen molar-refractivity contribution in [1.29, 1.82) is 0 Å². The van der Waals surface area contributed by atoms with Gasteiger partial charge in [-0.15, -0.1) is 0 Å². The van der Waals surface area contributed by atoms with E-state index in [4.69, 9.17) is 0 Å². The maximum Gasteiger partial charge on any atom is 0.292 e. The largest absolute Gasteiger partial charge is 0.393 e. The molecule has 1 unspecified atom stereocenters. The normalized spacial score (nSPS) is 11.9. The average Bonchev–Trinajstić information content (AvgIpc) is 2.38. The number of aliphatic hydroxyl groups excluding tert-OH is 1. The number of Topliss-reactive ketones (excluding diaryl/α,β-unsaturated/α-hetero) is 1. The van der Waals surface area contributed by atoms with Crippen molar-refractivity contribution in [3.63, 3.8) is 0 Å². The van der Waals surface area contributed by atoms with Crippen molar-refractivity contribution in [2.24, 2.45) is 0 Å². The highest BCUT2D eigenvalue weighted by Gasteiger charge is 2.15. The predicted molar refractivity (Wildman–Crippen MR) is 69.4 cm³/mol. The van der Waals surface area contributed by atoms with Crippen LogP contribution in [0.25, 0.3) is 0 Å². The Morgan fingerprint density at radius 3 is 2.44 bits per heavy atom. The van der Waals surface area contributed by atoms with Crippen molar-refractivity contribution in [3.8, 4) is 0 Å². The maximum atomic E-state index is 11.7. The Labute approximate surface area is 107 Å². The van der Waals surface area contributed by atoms with Crippen molar-refractivity contribution in [2.45, 2.75) is 32.8 Å². The minimum Gasteiger partial charge on any atom is -0.393 e. The van der Waals surface area contributed by atoms with E-state index in [2.05, 4.69) is 5.32 Å². The average molecular weight is 249 g/mol. The van der Waals surface area contributed by atoms with Gasteiger partial charge in [-0.2, -0.15) is 0 Å². The summed E-state index contributed by atoms with van der Waals surface area (Å²) in [6.07, 6.45) is 0.672. The van der Waals surface area contributed by atoms with Crippen LogP contribution in [0.3, 0.4) is 0 Å². The first-order valence-electron chi connectivity index (χ1n) is 6.11. The second kappa shape index (κ2) is 6.91. The lowest BCUT2D eigenvalue weighted by molar-refractivity contribution is -0.117. The second-order valence-corrected chi connectivity index (χ2v) is 4.30. The minimum atomic E-state index is -0.623. The lowest BCUT2D eigenvalue weighted by Gasteiger charge is -2.08. The number of ketones is 1. The van der Waals surface area contributed by atoms with Crippen LogP contribution in [0.1, 0.15) is 35.7 Å². The van der Waals surface area contributed by atoms with E-state index in [1.807, 2.05) is 13.8 Å². The molecule has 0 heterocycles. The molecule has 2 N–H and O–H groups in total. The van der Waals surface area contributed by atoms with E-state index in [0.29, 0.717) is 24.9 Å². The van der Waals surface area contributed by atoms with Crippen molar-refractivity contribution in [3.05, 3.63) is 35.4 Å². The number of amides is 1. The topological polar surface area (TPSA) is 66.4 Å². The molecule has 1 rings (SSSR count). The Morgan fingerprint density at radius 1 is 1.28 bits per heavy atom. The summed E-state index contributed by atoms with van der Waals surface area (Å²) in [6, 6.07) is 6.86. The Kier molecular flexibility index (Phi) is 5.52. The first kappa shape index (κ1) is 14.4. The van der Waals surface area contributed by atoms with Crippen molar-refractivity contribution < 1.29 is 14.7 Å². The molecule has 1 aromatic carbocycles. The quantitative estimate of drug-likeness (QED) is 0.592. The molecular weight excluding hydrogens is 230 g/mol. The highest BCUT2D eigenvalue weighted by atomic mass is 16.3. The maximum absolute atomic E-state index is 11.7. The number of aliphatic hydroxyl groups is 1. The van der Waals surface area contributed by atoms with Gasteiger partial charge in [0, 0.05) is 12.1 Å². The van der Waals surface area contributed by atoms with Crippen molar-refractivity contribution in [2.75, 3.05) is 6.54 Å². The van der Waals surface area contributed by atoms with Crippen molar-refractivity contribution >= 4 is 11.7 Å². The summed E-state index contributed by atoms with van der Waals surface area (Å²) in [6.45, 7) is 4.09. The van der Waals surface area contributed by atoms with Gasteiger partial charge in [0.1, 0.15) is 0 Å². The number of nitrogens with one attached hydrogen (secondary N) is 1. The zero-order valence-corrected chi connectivity index (χ0v) is 10.8.